The van der Waals surface area contributed by atoms with Crippen molar-refractivity contribution in [3.8, 4) is 11.5 Å². The first-order valence-electron chi connectivity index (χ1n) is 8.35. The van der Waals surface area contributed by atoms with Crippen LogP contribution in [0.4, 0.5) is 4.79 Å². The molecule has 0 aliphatic carbocycles. The second-order valence-electron chi connectivity index (χ2n) is 5.70. The molecular formula is C18H18INO8S. The predicted molar refractivity (Wildman–Crippen MR) is 113 cm³/mol. The predicted octanol–water partition coefficient (Wildman–Crippen LogP) is 2.75. The van der Waals surface area contributed by atoms with Gasteiger partial charge in [0.1, 0.15) is 6.04 Å². The lowest BCUT2D eigenvalue weighted by Gasteiger charge is -2.18. The van der Waals surface area contributed by atoms with Crippen LogP contribution >= 0.6 is 34.4 Å². The van der Waals surface area contributed by atoms with Crippen molar-refractivity contribution in [1.82, 2.24) is 4.90 Å². The monoisotopic (exact) mass is 535 g/mol. The SMILES string of the molecule is CCOc1cc(/C=C2/SC(=O)N([C@@H](C)C(=O)OC)C2=O)cc(I)c1OCC(=O)O. The normalized spacial score (nSPS) is 16.1. The number of hydrogen-bond donors (Lipinski definition) is 1. The number of carboxylic acid groups (broad SMARTS) is 1. The van der Waals surface area contributed by atoms with Crippen molar-refractivity contribution in [2.75, 3.05) is 20.3 Å². The number of imide groups is 1. The molecule has 1 aromatic carbocycles. The summed E-state index contributed by atoms with van der Waals surface area (Å²) in [4.78, 5) is 48.3. The smallest absolute Gasteiger partial charge is 0.341 e. The zero-order valence-corrected chi connectivity index (χ0v) is 18.7. The molecule has 0 bridgehead atoms. The van der Waals surface area contributed by atoms with Crippen LogP contribution in [0.25, 0.3) is 6.08 Å². The van der Waals surface area contributed by atoms with Crippen LogP contribution in [-0.4, -0.2) is 59.5 Å². The van der Waals surface area contributed by atoms with E-state index in [4.69, 9.17) is 14.6 Å². The molecule has 2 amide bonds. The molecular weight excluding hydrogens is 517 g/mol. The van der Waals surface area contributed by atoms with Crippen LogP contribution in [0, 0.1) is 3.57 Å². The Morgan fingerprint density at radius 2 is 2.00 bits per heavy atom. The largest absolute Gasteiger partial charge is 0.490 e. The molecule has 0 aromatic heterocycles. The van der Waals surface area contributed by atoms with Gasteiger partial charge in [-0.3, -0.25) is 14.5 Å². The van der Waals surface area contributed by atoms with Gasteiger partial charge in [-0.05, 0) is 72.0 Å². The summed E-state index contributed by atoms with van der Waals surface area (Å²) in [7, 11) is 1.18. The van der Waals surface area contributed by atoms with E-state index in [-0.39, 0.29) is 10.7 Å². The zero-order valence-electron chi connectivity index (χ0n) is 15.8. The van der Waals surface area contributed by atoms with Crippen LogP contribution in [-0.2, 0) is 19.1 Å². The lowest BCUT2D eigenvalue weighted by molar-refractivity contribution is -0.148. The first-order chi connectivity index (χ1) is 13.7. The van der Waals surface area contributed by atoms with Crippen molar-refractivity contribution < 1.29 is 38.5 Å². The van der Waals surface area contributed by atoms with Crippen LogP contribution in [0.2, 0.25) is 0 Å². The summed E-state index contributed by atoms with van der Waals surface area (Å²) in [5.74, 6) is -1.83. The van der Waals surface area contributed by atoms with Gasteiger partial charge in [0.25, 0.3) is 11.1 Å². The van der Waals surface area contributed by atoms with E-state index in [0.717, 1.165) is 4.90 Å². The van der Waals surface area contributed by atoms with Crippen LogP contribution in [0.5, 0.6) is 11.5 Å². The Bertz CT molecular complexity index is 885. The molecule has 29 heavy (non-hydrogen) atoms. The molecule has 1 aliphatic rings. The fourth-order valence-electron chi connectivity index (χ4n) is 2.45. The number of aliphatic carboxylic acids is 1. The molecule has 1 N–H and O–H groups in total. The number of hydrogen-bond acceptors (Lipinski definition) is 8. The summed E-state index contributed by atoms with van der Waals surface area (Å²) >= 11 is 2.68. The molecule has 9 nitrogen and oxygen atoms in total. The van der Waals surface area contributed by atoms with Crippen molar-refractivity contribution in [1.29, 1.82) is 0 Å². The van der Waals surface area contributed by atoms with Crippen LogP contribution in [0.15, 0.2) is 17.0 Å². The fourth-order valence-corrected chi connectivity index (χ4v) is 4.14. The number of nitrogens with zero attached hydrogens (tertiary/aromatic N) is 1. The van der Waals surface area contributed by atoms with Gasteiger partial charge in [-0.15, -0.1) is 0 Å². The van der Waals surface area contributed by atoms with Crippen molar-refractivity contribution >= 4 is 63.5 Å². The molecule has 2 rings (SSSR count). The molecule has 0 unspecified atom stereocenters. The highest BCUT2D eigenvalue weighted by Gasteiger charge is 2.41. The summed E-state index contributed by atoms with van der Waals surface area (Å²) < 4.78 is 16.0. The standard InChI is InChI=1S/C18H18INO8S/c1-4-27-12-6-10(5-11(19)15(12)28-8-14(21)22)7-13-16(23)20(18(25)29-13)9(2)17(24)26-3/h5-7,9H,4,8H2,1-3H3,(H,21,22)/b13-7+/t9-/m0/s1. The van der Waals surface area contributed by atoms with Gasteiger partial charge in [-0.1, -0.05) is 0 Å². The van der Waals surface area contributed by atoms with Crippen LogP contribution in [0.3, 0.4) is 0 Å². The molecule has 1 aromatic rings. The molecule has 1 saturated heterocycles. The molecule has 0 saturated carbocycles. The summed E-state index contributed by atoms with van der Waals surface area (Å²) in [6.07, 6.45) is 1.50. The maximum atomic E-state index is 12.6. The average molecular weight is 535 g/mol. The number of rotatable bonds is 8. The van der Waals surface area contributed by atoms with E-state index in [9.17, 15) is 19.2 Å². The Labute approximate surface area is 184 Å². The third kappa shape index (κ3) is 5.41. The second-order valence-corrected chi connectivity index (χ2v) is 7.85. The van der Waals surface area contributed by atoms with Crippen LogP contribution < -0.4 is 9.47 Å². The Morgan fingerprint density at radius 3 is 2.59 bits per heavy atom. The number of thioether (sulfide) groups is 1. The van der Waals surface area contributed by atoms with Gasteiger partial charge in [-0.2, -0.15) is 0 Å². The lowest BCUT2D eigenvalue weighted by Crippen LogP contribution is -2.42. The summed E-state index contributed by atoms with van der Waals surface area (Å²) in [6.45, 7) is 2.96. The highest BCUT2D eigenvalue weighted by atomic mass is 127. The molecule has 1 fully saturated rings. The molecule has 1 aliphatic heterocycles. The van der Waals surface area contributed by atoms with Gasteiger partial charge < -0.3 is 19.3 Å². The number of carbonyl (C=O) groups excluding carboxylic acids is 3. The Morgan fingerprint density at radius 1 is 1.31 bits per heavy atom. The topological polar surface area (TPSA) is 119 Å². The van der Waals surface area contributed by atoms with Crippen molar-refractivity contribution in [3.05, 3.63) is 26.2 Å². The number of benzene rings is 1. The number of carbonyl (C=O) groups is 4. The maximum absolute atomic E-state index is 12.6. The van der Waals surface area contributed by atoms with Gasteiger partial charge in [0.15, 0.2) is 18.1 Å². The molecule has 0 radical (unpaired) electrons. The molecule has 156 valence electrons. The number of ether oxygens (including phenoxy) is 3. The minimum absolute atomic E-state index is 0.142. The third-order valence-corrected chi connectivity index (χ3v) is 5.41. The van der Waals surface area contributed by atoms with E-state index in [0.29, 0.717) is 33.3 Å². The highest BCUT2D eigenvalue weighted by Crippen LogP contribution is 2.38. The number of halogens is 1. The summed E-state index contributed by atoms with van der Waals surface area (Å²) in [5.41, 5.74) is 0.553. The van der Waals surface area contributed by atoms with Crippen molar-refractivity contribution in [2.24, 2.45) is 0 Å². The van der Waals surface area contributed by atoms with E-state index in [1.807, 2.05) is 22.6 Å². The van der Waals surface area contributed by atoms with Gasteiger partial charge in [-0.25, -0.2) is 9.59 Å². The second kappa shape index (κ2) is 9.96. The van der Waals surface area contributed by atoms with E-state index in [1.54, 1.807) is 19.1 Å². The lowest BCUT2D eigenvalue weighted by atomic mass is 10.1. The zero-order chi connectivity index (χ0) is 21.7. The Kier molecular flexibility index (Phi) is 7.90. The Hall–Kier alpha value is -2.28. The summed E-state index contributed by atoms with van der Waals surface area (Å²) in [6, 6.07) is 2.21. The van der Waals surface area contributed by atoms with E-state index in [1.165, 1.54) is 20.1 Å². The van der Waals surface area contributed by atoms with E-state index in [2.05, 4.69) is 4.74 Å². The van der Waals surface area contributed by atoms with Gasteiger partial charge in [0, 0.05) is 0 Å². The van der Waals surface area contributed by atoms with Gasteiger partial charge in [0.05, 0.1) is 22.2 Å². The average Bonchev–Trinajstić information content (AvgIpc) is 2.93. The maximum Gasteiger partial charge on any atom is 0.341 e. The molecule has 0 spiro atoms. The molecule has 11 heteroatoms. The number of amides is 2. The quantitative estimate of drug-likeness (QED) is 0.305. The molecule has 1 atom stereocenters. The van der Waals surface area contributed by atoms with Crippen LogP contribution in [0.1, 0.15) is 19.4 Å². The molecule has 1 heterocycles. The number of esters is 1. The van der Waals surface area contributed by atoms with Gasteiger partial charge in [0.2, 0.25) is 0 Å². The first-order valence-corrected chi connectivity index (χ1v) is 10.2. The summed E-state index contributed by atoms with van der Waals surface area (Å²) in [5, 5.41) is 8.25. The van der Waals surface area contributed by atoms with E-state index < -0.39 is 35.7 Å². The minimum atomic E-state index is -1.12. The number of methoxy groups -OCH3 is 1. The fraction of sp³-hybridized carbons (Fsp3) is 0.333. The van der Waals surface area contributed by atoms with Gasteiger partial charge >= 0.3 is 11.9 Å². The highest BCUT2D eigenvalue weighted by molar-refractivity contribution is 14.1. The number of carboxylic acids is 1. The minimum Gasteiger partial charge on any atom is -0.490 e. The van der Waals surface area contributed by atoms with Crippen molar-refractivity contribution in [3.63, 3.8) is 0 Å². The third-order valence-electron chi connectivity index (χ3n) is 3.72. The Balaban J connectivity index is 2.36. The first kappa shape index (κ1) is 23.0. The van der Waals surface area contributed by atoms with Crippen molar-refractivity contribution in [2.45, 2.75) is 19.9 Å². The van der Waals surface area contributed by atoms with E-state index >= 15 is 0 Å².